The van der Waals surface area contributed by atoms with Crippen LogP contribution in [0, 0.1) is 6.92 Å². The Morgan fingerprint density at radius 2 is 1.83 bits per heavy atom. The van der Waals surface area contributed by atoms with Crippen molar-refractivity contribution < 1.29 is 13.2 Å². The molecule has 0 saturated heterocycles. The first-order valence-corrected chi connectivity index (χ1v) is 7.72. The zero-order valence-corrected chi connectivity index (χ0v) is 11.4. The minimum Gasteiger partial charge on any atom is -0.338 e. The minimum atomic E-state index is -2.96. The number of nitrogens with one attached hydrogen (secondary N) is 2. The summed E-state index contributed by atoms with van der Waals surface area (Å²) in [7, 11) is -2.96. The molecule has 6 heteroatoms. The number of aryl methyl sites for hydroxylation is 1. The predicted molar refractivity (Wildman–Crippen MR) is 72.5 cm³/mol. The molecule has 0 atom stereocenters. The van der Waals surface area contributed by atoms with Crippen LogP contribution in [0.4, 0.5) is 10.5 Å². The zero-order valence-electron chi connectivity index (χ0n) is 10.6. The molecule has 0 spiro atoms. The van der Waals surface area contributed by atoms with Crippen LogP contribution in [0.15, 0.2) is 24.3 Å². The second-order valence-corrected chi connectivity index (χ2v) is 6.49. The normalized spacial score (nSPS) is 11.0. The van der Waals surface area contributed by atoms with Crippen molar-refractivity contribution in [2.45, 2.75) is 13.3 Å². The van der Waals surface area contributed by atoms with Crippen molar-refractivity contribution >= 4 is 21.6 Å². The molecule has 1 rings (SSSR count). The lowest BCUT2D eigenvalue weighted by Gasteiger charge is -2.07. The van der Waals surface area contributed by atoms with Crippen LogP contribution in [-0.4, -0.2) is 33.0 Å². The monoisotopic (exact) mass is 270 g/mol. The fraction of sp³-hybridized carbons (Fsp3) is 0.417. The maximum atomic E-state index is 11.5. The molecular weight excluding hydrogens is 252 g/mol. The number of sulfone groups is 1. The van der Waals surface area contributed by atoms with Crippen molar-refractivity contribution in [3.63, 3.8) is 0 Å². The second kappa shape index (κ2) is 6.39. The number of hydrogen-bond donors (Lipinski definition) is 2. The van der Waals surface area contributed by atoms with E-state index in [2.05, 4.69) is 10.6 Å². The van der Waals surface area contributed by atoms with E-state index < -0.39 is 9.84 Å². The van der Waals surface area contributed by atoms with E-state index in [1.165, 1.54) is 6.26 Å². The van der Waals surface area contributed by atoms with Crippen molar-refractivity contribution in [1.29, 1.82) is 0 Å². The average molecular weight is 270 g/mol. The Labute approximate surface area is 108 Å². The van der Waals surface area contributed by atoms with Gasteiger partial charge >= 0.3 is 6.03 Å². The van der Waals surface area contributed by atoms with E-state index in [4.69, 9.17) is 0 Å². The Morgan fingerprint density at radius 3 is 2.39 bits per heavy atom. The van der Waals surface area contributed by atoms with Gasteiger partial charge in [-0.15, -0.1) is 0 Å². The summed E-state index contributed by atoms with van der Waals surface area (Å²) in [4.78, 5) is 11.5. The molecule has 0 aromatic heterocycles. The van der Waals surface area contributed by atoms with Gasteiger partial charge in [0.05, 0.1) is 5.75 Å². The van der Waals surface area contributed by atoms with E-state index in [9.17, 15) is 13.2 Å². The van der Waals surface area contributed by atoms with Crippen molar-refractivity contribution in [3.05, 3.63) is 29.8 Å². The number of carbonyl (C=O) groups is 1. The van der Waals surface area contributed by atoms with Gasteiger partial charge in [-0.05, 0) is 25.5 Å². The molecule has 18 heavy (non-hydrogen) atoms. The molecule has 1 aromatic carbocycles. The second-order valence-electron chi connectivity index (χ2n) is 4.23. The topological polar surface area (TPSA) is 75.3 Å². The minimum absolute atomic E-state index is 0.0812. The Kier molecular flexibility index (Phi) is 5.15. The van der Waals surface area contributed by atoms with Gasteiger partial charge in [0.15, 0.2) is 0 Å². The molecule has 0 bridgehead atoms. The lowest BCUT2D eigenvalue weighted by Crippen LogP contribution is -2.30. The first kappa shape index (κ1) is 14.5. The highest BCUT2D eigenvalue weighted by Gasteiger charge is 2.03. The first-order valence-electron chi connectivity index (χ1n) is 5.66. The fourth-order valence-electron chi connectivity index (χ4n) is 1.35. The smallest absolute Gasteiger partial charge is 0.319 e. The Bertz CT molecular complexity index is 495. The van der Waals surface area contributed by atoms with Crippen LogP contribution in [-0.2, 0) is 9.84 Å². The average Bonchev–Trinajstić information content (AvgIpc) is 2.26. The third-order valence-electron chi connectivity index (χ3n) is 2.29. The third kappa shape index (κ3) is 6.24. The molecule has 5 nitrogen and oxygen atoms in total. The molecule has 0 aliphatic rings. The summed E-state index contributed by atoms with van der Waals surface area (Å²) in [6, 6.07) is 7.10. The number of benzene rings is 1. The van der Waals surface area contributed by atoms with Crippen LogP contribution in [0.3, 0.4) is 0 Å². The number of urea groups is 1. The van der Waals surface area contributed by atoms with E-state index in [1.54, 1.807) is 0 Å². The van der Waals surface area contributed by atoms with E-state index in [-0.39, 0.29) is 11.8 Å². The molecule has 0 aliphatic carbocycles. The lowest BCUT2D eigenvalue weighted by molar-refractivity contribution is 0.252. The SMILES string of the molecule is Cc1ccc(NC(=O)NCCCS(C)(=O)=O)cc1. The van der Waals surface area contributed by atoms with Crippen molar-refractivity contribution in [2.75, 3.05) is 23.9 Å². The summed E-state index contributed by atoms with van der Waals surface area (Å²) in [5.41, 5.74) is 1.83. The summed E-state index contributed by atoms with van der Waals surface area (Å²) in [6.45, 7) is 2.31. The highest BCUT2D eigenvalue weighted by atomic mass is 32.2. The summed E-state index contributed by atoms with van der Waals surface area (Å²) in [5, 5.41) is 5.27. The van der Waals surface area contributed by atoms with Gasteiger partial charge in [0.1, 0.15) is 9.84 Å². The van der Waals surface area contributed by atoms with Crippen molar-refractivity contribution in [2.24, 2.45) is 0 Å². The molecule has 0 aliphatic heterocycles. The highest BCUT2D eigenvalue weighted by Crippen LogP contribution is 2.07. The predicted octanol–water partition coefficient (Wildman–Crippen LogP) is 1.55. The standard InChI is InChI=1S/C12H18N2O3S/c1-10-4-6-11(7-5-10)14-12(15)13-8-3-9-18(2,16)17/h4-7H,3,8-9H2,1-2H3,(H2,13,14,15). The van der Waals surface area contributed by atoms with Crippen molar-refractivity contribution in [1.82, 2.24) is 5.32 Å². The molecule has 2 N–H and O–H groups in total. The molecule has 0 unspecified atom stereocenters. The molecule has 2 amide bonds. The van der Waals surface area contributed by atoms with E-state index >= 15 is 0 Å². The maximum absolute atomic E-state index is 11.5. The molecule has 0 fully saturated rings. The molecule has 0 heterocycles. The van der Waals surface area contributed by atoms with Crippen LogP contribution in [0.25, 0.3) is 0 Å². The third-order valence-corrected chi connectivity index (χ3v) is 3.32. The highest BCUT2D eigenvalue weighted by molar-refractivity contribution is 7.90. The van der Waals surface area contributed by atoms with Gasteiger partial charge in [0.25, 0.3) is 0 Å². The van der Waals surface area contributed by atoms with Gasteiger partial charge in [-0.3, -0.25) is 0 Å². The quantitative estimate of drug-likeness (QED) is 0.797. The Morgan fingerprint density at radius 1 is 1.22 bits per heavy atom. The zero-order chi connectivity index (χ0) is 13.6. The van der Waals surface area contributed by atoms with Gasteiger partial charge in [-0.25, -0.2) is 13.2 Å². The van der Waals surface area contributed by atoms with Gasteiger partial charge < -0.3 is 10.6 Å². The van der Waals surface area contributed by atoms with Crippen molar-refractivity contribution in [3.8, 4) is 0 Å². The fourth-order valence-corrected chi connectivity index (χ4v) is 2.02. The number of hydrogen-bond acceptors (Lipinski definition) is 3. The number of anilines is 1. The lowest BCUT2D eigenvalue weighted by atomic mass is 10.2. The van der Waals surface area contributed by atoms with Crippen LogP contribution in [0.5, 0.6) is 0 Å². The van der Waals surface area contributed by atoms with Crippen LogP contribution < -0.4 is 10.6 Å². The summed E-state index contributed by atoms with van der Waals surface area (Å²) < 4.78 is 21.7. The van der Waals surface area contributed by atoms with Crippen LogP contribution >= 0.6 is 0 Å². The van der Waals surface area contributed by atoms with Gasteiger partial charge in [0, 0.05) is 18.5 Å². The maximum Gasteiger partial charge on any atom is 0.319 e. The number of amides is 2. The molecule has 0 saturated carbocycles. The van der Waals surface area contributed by atoms with Gasteiger partial charge in [-0.2, -0.15) is 0 Å². The van der Waals surface area contributed by atoms with Crippen LogP contribution in [0.1, 0.15) is 12.0 Å². The van der Waals surface area contributed by atoms with E-state index in [0.717, 1.165) is 5.56 Å². The van der Waals surface area contributed by atoms with E-state index in [1.807, 2.05) is 31.2 Å². The largest absolute Gasteiger partial charge is 0.338 e. The Balaban J connectivity index is 2.28. The molecular formula is C12H18N2O3S. The Hall–Kier alpha value is -1.56. The first-order chi connectivity index (χ1) is 8.37. The molecule has 1 aromatic rings. The van der Waals surface area contributed by atoms with Crippen LogP contribution in [0.2, 0.25) is 0 Å². The van der Waals surface area contributed by atoms with Gasteiger partial charge in [0.2, 0.25) is 0 Å². The molecule has 0 radical (unpaired) electrons. The van der Waals surface area contributed by atoms with Gasteiger partial charge in [-0.1, -0.05) is 17.7 Å². The van der Waals surface area contributed by atoms with E-state index in [0.29, 0.717) is 18.7 Å². The summed E-state index contributed by atoms with van der Waals surface area (Å²) >= 11 is 0. The molecule has 100 valence electrons. The summed E-state index contributed by atoms with van der Waals surface area (Å²) in [6.07, 6.45) is 1.60. The number of carbonyl (C=O) groups excluding carboxylic acids is 1. The summed E-state index contributed by atoms with van der Waals surface area (Å²) in [5.74, 6) is 0.0812. The number of rotatable bonds is 5.